The van der Waals surface area contributed by atoms with Crippen LogP contribution >= 0.6 is 22.9 Å². The number of benzene rings is 1. The van der Waals surface area contributed by atoms with E-state index in [1.54, 1.807) is 5.38 Å². The molecule has 2 aromatic rings. The van der Waals surface area contributed by atoms with Crippen LogP contribution in [-0.2, 0) is 12.7 Å². The first-order valence-corrected chi connectivity index (χ1v) is 6.64. The average Bonchev–Trinajstić information content (AvgIpc) is 2.72. The molecule has 0 radical (unpaired) electrons. The molecule has 0 bridgehead atoms. The van der Waals surface area contributed by atoms with E-state index in [0.717, 1.165) is 11.1 Å². The fraction of sp³-hybridized carbons (Fsp3) is 0.250. The van der Waals surface area contributed by atoms with Crippen LogP contribution in [0.4, 0.5) is 18.9 Å². The number of nitrogens with zero attached hydrogens (tertiary/aromatic N) is 1. The van der Waals surface area contributed by atoms with Gasteiger partial charge in [-0.15, -0.1) is 11.3 Å². The van der Waals surface area contributed by atoms with Crippen LogP contribution in [0.5, 0.6) is 0 Å². The van der Waals surface area contributed by atoms with Gasteiger partial charge in [0.15, 0.2) is 0 Å². The minimum atomic E-state index is -4.44. The highest BCUT2D eigenvalue weighted by Gasteiger charge is 2.34. The topological polar surface area (TPSA) is 24.9 Å². The van der Waals surface area contributed by atoms with Crippen LogP contribution < -0.4 is 5.32 Å². The summed E-state index contributed by atoms with van der Waals surface area (Å²) in [6.45, 7) is 2.04. The van der Waals surface area contributed by atoms with Gasteiger partial charge in [-0.3, -0.25) is 0 Å². The number of para-hydroxylation sites is 1. The van der Waals surface area contributed by atoms with Crippen LogP contribution in [0.1, 0.15) is 16.3 Å². The molecule has 2 nitrogen and oxygen atoms in total. The highest BCUT2D eigenvalue weighted by atomic mass is 35.5. The van der Waals surface area contributed by atoms with Gasteiger partial charge >= 0.3 is 6.18 Å². The Labute approximate surface area is 117 Å². The van der Waals surface area contributed by atoms with Crippen molar-refractivity contribution in [2.75, 3.05) is 5.32 Å². The Bertz CT molecular complexity index is 581. The summed E-state index contributed by atoms with van der Waals surface area (Å²) in [5.74, 6) is 0. The molecule has 0 saturated heterocycles. The van der Waals surface area contributed by atoms with Crippen molar-refractivity contribution in [3.8, 4) is 0 Å². The number of thiazole rings is 1. The fourth-order valence-corrected chi connectivity index (χ4v) is 2.46. The van der Waals surface area contributed by atoms with E-state index in [2.05, 4.69) is 10.3 Å². The van der Waals surface area contributed by atoms with Crippen LogP contribution in [0.3, 0.4) is 0 Å². The van der Waals surface area contributed by atoms with Gasteiger partial charge in [0.2, 0.25) is 0 Å². The molecule has 19 heavy (non-hydrogen) atoms. The molecule has 0 saturated carbocycles. The zero-order valence-electron chi connectivity index (χ0n) is 9.88. The SMILES string of the molecule is Cc1nc(CNc2c(Cl)cccc2C(F)(F)F)cs1. The van der Waals surface area contributed by atoms with E-state index in [4.69, 9.17) is 11.6 Å². The molecule has 2 rings (SSSR count). The average molecular weight is 307 g/mol. The molecule has 1 N–H and O–H groups in total. The first-order valence-electron chi connectivity index (χ1n) is 5.38. The number of alkyl halides is 3. The minimum Gasteiger partial charge on any atom is -0.378 e. The molecule has 7 heteroatoms. The third-order valence-electron chi connectivity index (χ3n) is 2.43. The molecule has 0 fully saturated rings. The lowest BCUT2D eigenvalue weighted by Gasteiger charge is -2.15. The Morgan fingerprint density at radius 2 is 2.11 bits per heavy atom. The van der Waals surface area contributed by atoms with Gasteiger partial charge in [0, 0.05) is 5.38 Å². The number of hydrogen-bond acceptors (Lipinski definition) is 3. The molecule has 102 valence electrons. The Hall–Kier alpha value is -1.27. The van der Waals surface area contributed by atoms with E-state index in [1.807, 2.05) is 6.92 Å². The summed E-state index contributed by atoms with van der Waals surface area (Å²) in [4.78, 5) is 4.18. The van der Waals surface area contributed by atoms with Gasteiger partial charge in [-0.05, 0) is 19.1 Å². The van der Waals surface area contributed by atoms with Gasteiger partial charge < -0.3 is 5.32 Å². The Kier molecular flexibility index (Phi) is 4.01. The zero-order valence-corrected chi connectivity index (χ0v) is 11.5. The van der Waals surface area contributed by atoms with E-state index in [9.17, 15) is 13.2 Å². The van der Waals surface area contributed by atoms with E-state index < -0.39 is 11.7 Å². The number of halogens is 4. The van der Waals surface area contributed by atoms with E-state index in [-0.39, 0.29) is 17.3 Å². The van der Waals surface area contributed by atoms with E-state index >= 15 is 0 Å². The van der Waals surface area contributed by atoms with Gasteiger partial charge in [0.05, 0.1) is 33.5 Å². The quantitative estimate of drug-likeness (QED) is 0.886. The lowest BCUT2D eigenvalue weighted by atomic mass is 10.1. The smallest absolute Gasteiger partial charge is 0.378 e. The lowest BCUT2D eigenvalue weighted by molar-refractivity contribution is -0.136. The number of anilines is 1. The predicted molar refractivity (Wildman–Crippen MR) is 70.6 cm³/mol. The summed E-state index contributed by atoms with van der Waals surface area (Å²) in [7, 11) is 0. The second kappa shape index (κ2) is 5.38. The number of aromatic nitrogens is 1. The van der Waals surface area contributed by atoms with Crippen LogP contribution in [0, 0.1) is 6.92 Å². The normalized spacial score (nSPS) is 11.6. The van der Waals surface area contributed by atoms with Crippen molar-refractivity contribution >= 4 is 28.6 Å². The molecule has 1 heterocycles. The highest BCUT2D eigenvalue weighted by molar-refractivity contribution is 7.09. The third-order valence-corrected chi connectivity index (χ3v) is 3.57. The van der Waals surface area contributed by atoms with Crippen molar-refractivity contribution in [3.05, 3.63) is 44.9 Å². The molecular weight excluding hydrogens is 297 g/mol. The molecule has 0 unspecified atom stereocenters. The summed E-state index contributed by atoms with van der Waals surface area (Å²) >= 11 is 7.27. The monoisotopic (exact) mass is 306 g/mol. The van der Waals surface area contributed by atoms with Gasteiger partial charge in [0.1, 0.15) is 0 Å². The maximum Gasteiger partial charge on any atom is 0.418 e. The molecular formula is C12H10ClF3N2S. The third kappa shape index (κ3) is 3.39. The largest absolute Gasteiger partial charge is 0.418 e. The first kappa shape index (κ1) is 14.1. The predicted octanol–water partition coefficient (Wildman–Crippen LogP) is 4.74. The summed E-state index contributed by atoms with van der Waals surface area (Å²) in [5, 5.41) is 5.42. The van der Waals surface area contributed by atoms with Gasteiger partial charge in [0.25, 0.3) is 0 Å². The van der Waals surface area contributed by atoms with Crippen molar-refractivity contribution in [2.24, 2.45) is 0 Å². The standard InChI is InChI=1S/C12H10ClF3N2S/c1-7-18-8(6-19-7)5-17-11-9(12(14,15)16)3-2-4-10(11)13/h2-4,6,17H,5H2,1H3. The van der Waals surface area contributed by atoms with Crippen LogP contribution in [0.15, 0.2) is 23.6 Å². The molecule has 0 spiro atoms. The summed E-state index contributed by atoms with van der Waals surface area (Å²) in [6, 6.07) is 3.70. The van der Waals surface area contributed by atoms with Gasteiger partial charge in [-0.2, -0.15) is 13.2 Å². The zero-order chi connectivity index (χ0) is 14.0. The van der Waals surface area contributed by atoms with Gasteiger partial charge in [-0.25, -0.2) is 4.98 Å². The van der Waals surface area contributed by atoms with E-state index in [0.29, 0.717) is 5.69 Å². The fourth-order valence-electron chi connectivity index (χ4n) is 1.61. The van der Waals surface area contributed by atoms with Gasteiger partial charge in [-0.1, -0.05) is 17.7 Å². The molecule has 1 aromatic carbocycles. The Morgan fingerprint density at radius 1 is 1.37 bits per heavy atom. The minimum absolute atomic E-state index is 0.0433. The van der Waals surface area contributed by atoms with E-state index in [1.165, 1.54) is 23.5 Å². The van der Waals surface area contributed by atoms with Crippen molar-refractivity contribution in [1.82, 2.24) is 4.98 Å². The maximum absolute atomic E-state index is 12.8. The van der Waals surface area contributed by atoms with Crippen molar-refractivity contribution in [1.29, 1.82) is 0 Å². The lowest BCUT2D eigenvalue weighted by Crippen LogP contribution is -2.11. The molecule has 0 aliphatic carbocycles. The maximum atomic E-state index is 12.8. The summed E-state index contributed by atoms with van der Waals surface area (Å²) in [5.41, 5.74) is -0.190. The van der Waals surface area contributed by atoms with Crippen molar-refractivity contribution < 1.29 is 13.2 Å². The number of nitrogens with one attached hydrogen (secondary N) is 1. The molecule has 0 atom stereocenters. The van der Waals surface area contributed by atoms with Crippen molar-refractivity contribution in [3.63, 3.8) is 0 Å². The highest BCUT2D eigenvalue weighted by Crippen LogP contribution is 2.38. The molecule has 0 aliphatic rings. The Balaban J connectivity index is 2.24. The summed E-state index contributed by atoms with van der Waals surface area (Å²) < 4.78 is 38.5. The molecule has 0 aliphatic heterocycles. The number of hydrogen-bond donors (Lipinski definition) is 1. The Morgan fingerprint density at radius 3 is 2.68 bits per heavy atom. The first-order chi connectivity index (χ1) is 8.88. The van der Waals surface area contributed by atoms with Crippen LogP contribution in [0.2, 0.25) is 5.02 Å². The molecule has 1 aromatic heterocycles. The van der Waals surface area contributed by atoms with Crippen molar-refractivity contribution in [2.45, 2.75) is 19.6 Å². The van der Waals surface area contributed by atoms with Crippen LogP contribution in [0.25, 0.3) is 0 Å². The number of rotatable bonds is 3. The molecule has 0 amide bonds. The second-order valence-corrected chi connectivity index (χ2v) is 5.34. The summed E-state index contributed by atoms with van der Waals surface area (Å²) in [6.07, 6.45) is -4.44. The van der Waals surface area contributed by atoms with Crippen LogP contribution in [-0.4, -0.2) is 4.98 Å². The second-order valence-electron chi connectivity index (χ2n) is 3.87. The number of aryl methyl sites for hydroxylation is 1.